The molecule has 0 aromatic rings. The second-order valence-corrected chi connectivity index (χ2v) is 22.9. The molecule has 158 valence electrons. The van der Waals surface area contributed by atoms with Crippen LogP contribution in [0.3, 0.4) is 0 Å². The Kier molecular flexibility index (Phi) is 11.4. The number of nitrogens with one attached hydrogen (secondary N) is 1. The second kappa shape index (κ2) is 12.4. The molecule has 1 aliphatic carbocycles. The van der Waals surface area contributed by atoms with E-state index in [9.17, 15) is 4.79 Å². The standard InChI is InChI=1S/C11H18NO2.3C4H9.Sn/c1-11(2,3)14-10(13)12-9-7-5-4-6-8-9;3*1-3-4-2;/h8-9H,4-5,7H2,1-3H3,(H,12,13);3*1,3-4H2,2H3;. The number of unbranched alkanes of at least 4 members (excludes halogenated alkanes) is 3. The molecule has 1 N–H and O–H groups in total. The van der Waals surface area contributed by atoms with Gasteiger partial charge in [-0.3, -0.25) is 0 Å². The Labute approximate surface area is 173 Å². The van der Waals surface area contributed by atoms with Crippen LogP contribution in [0, 0.1) is 0 Å². The van der Waals surface area contributed by atoms with E-state index in [1.54, 1.807) is 0 Å². The molecule has 3 nitrogen and oxygen atoms in total. The van der Waals surface area contributed by atoms with Crippen LogP contribution in [0.1, 0.15) is 99.3 Å². The summed E-state index contributed by atoms with van der Waals surface area (Å²) in [5.74, 6) is 0. The Morgan fingerprint density at radius 2 is 1.59 bits per heavy atom. The van der Waals surface area contributed by atoms with Gasteiger partial charge in [-0.2, -0.15) is 0 Å². The van der Waals surface area contributed by atoms with E-state index < -0.39 is 24.0 Å². The first-order valence-electron chi connectivity index (χ1n) is 11.5. The predicted molar refractivity (Wildman–Crippen MR) is 120 cm³/mol. The van der Waals surface area contributed by atoms with Gasteiger partial charge in [-0.05, 0) is 0 Å². The van der Waals surface area contributed by atoms with Gasteiger partial charge in [0.2, 0.25) is 0 Å². The van der Waals surface area contributed by atoms with Crippen LogP contribution in [0.15, 0.2) is 9.67 Å². The third kappa shape index (κ3) is 9.23. The van der Waals surface area contributed by atoms with Crippen molar-refractivity contribution in [2.45, 2.75) is 124 Å². The molecule has 0 heterocycles. The molecule has 0 saturated carbocycles. The van der Waals surface area contributed by atoms with Crippen LogP contribution < -0.4 is 5.32 Å². The first kappa shape index (κ1) is 24.8. The van der Waals surface area contributed by atoms with Crippen molar-refractivity contribution in [3.63, 3.8) is 0 Å². The van der Waals surface area contributed by atoms with E-state index in [0.29, 0.717) is 0 Å². The van der Waals surface area contributed by atoms with Gasteiger partial charge in [0.05, 0.1) is 0 Å². The zero-order valence-corrected chi connectivity index (χ0v) is 21.8. The molecule has 0 saturated heterocycles. The van der Waals surface area contributed by atoms with Crippen LogP contribution in [-0.2, 0) is 4.74 Å². The van der Waals surface area contributed by atoms with E-state index in [1.165, 1.54) is 64.7 Å². The number of alkyl carbamates (subject to hydrolysis) is 1. The fourth-order valence-electron chi connectivity index (χ4n) is 4.34. The summed E-state index contributed by atoms with van der Waals surface area (Å²) in [5, 5.41) is 3.14. The van der Waals surface area contributed by atoms with Crippen LogP contribution in [0.5, 0.6) is 0 Å². The van der Waals surface area contributed by atoms with E-state index in [4.69, 9.17) is 4.74 Å². The molecule has 0 aromatic carbocycles. The molecule has 0 fully saturated rings. The fourth-order valence-corrected chi connectivity index (χ4v) is 21.7. The summed E-state index contributed by atoms with van der Waals surface area (Å²) in [6.07, 6.45) is 13.9. The maximum absolute atomic E-state index is 12.3. The van der Waals surface area contributed by atoms with Crippen LogP contribution >= 0.6 is 0 Å². The summed E-state index contributed by atoms with van der Waals surface area (Å²) in [6, 6.07) is 0.171. The number of hydrogen-bond donors (Lipinski definition) is 1. The zero-order chi connectivity index (χ0) is 20.3. The molecule has 0 spiro atoms. The van der Waals surface area contributed by atoms with Gasteiger partial charge in [0.15, 0.2) is 0 Å². The summed E-state index contributed by atoms with van der Waals surface area (Å²) in [4.78, 5) is 12.3. The molecule has 1 unspecified atom stereocenters. The van der Waals surface area contributed by atoms with Crippen molar-refractivity contribution >= 4 is 24.5 Å². The monoisotopic (exact) mass is 487 g/mol. The van der Waals surface area contributed by atoms with E-state index in [-0.39, 0.29) is 12.1 Å². The minimum absolute atomic E-state index is 0.171. The fraction of sp³-hybridized carbons (Fsp3) is 0.870. The van der Waals surface area contributed by atoms with Crippen molar-refractivity contribution in [2.24, 2.45) is 0 Å². The van der Waals surface area contributed by atoms with Crippen LogP contribution in [0.4, 0.5) is 4.79 Å². The Bertz CT molecular complexity index is 446. The SMILES string of the molecule is CCC[CH2][Sn]([CH2]CCC)([CH2]CCC)[C]1=CC(NC(=O)OC(C)(C)C)CCC1. The molecule has 1 atom stereocenters. The average Bonchev–Trinajstić information content (AvgIpc) is 2.60. The Morgan fingerprint density at radius 1 is 1.07 bits per heavy atom. The first-order chi connectivity index (χ1) is 12.8. The first-order valence-corrected chi connectivity index (χ1v) is 18.9. The molecular weight excluding hydrogens is 441 g/mol. The quantitative estimate of drug-likeness (QED) is 0.310. The van der Waals surface area contributed by atoms with E-state index in [0.717, 1.165) is 6.42 Å². The van der Waals surface area contributed by atoms with Crippen molar-refractivity contribution < 1.29 is 9.53 Å². The molecule has 1 rings (SSSR count). The summed E-state index contributed by atoms with van der Waals surface area (Å²) in [7, 11) is 0. The molecule has 0 bridgehead atoms. The van der Waals surface area contributed by atoms with E-state index >= 15 is 0 Å². The number of carbonyl (C=O) groups excluding carboxylic acids is 1. The van der Waals surface area contributed by atoms with Gasteiger partial charge in [0.1, 0.15) is 0 Å². The van der Waals surface area contributed by atoms with Gasteiger partial charge in [0, 0.05) is 0 Å². The van der Waals surface area contributed by atoms with Gasteiger partial charge in [-0.1, -0.05) is 0 Å². The van der Waals surface area contributed by atoms with Crippen LogP contribution in [-0.4, -0.2) is 36.1 Å². The molecule has 0 aliphatic heterocycles. The van der Waals surface area contributed by atoms with E-state index in [1.807, 2.05) is 24.4 Å². The number of hydrogen-bond acceptors (Lipinski definition) is 2. The normalized spacial score (nSPS) is 18.1. The van der Waals surface area contributed by atoms with Crippen LogP contribution in [0.2, 0.25) is 13.3 Å². The van der Waals surface area contributed by atoms with Crippen molar-refractivity contribution in [1.29, 1.82) is 0 Å². The Balaban J connectivity index is 2.98. The predicted octanol–water partition coefficient (Wildman–Crippen LogP) is 7.38. The summed E-state index contributed by atoms with van der Waals surface area (Å²) in [5.41, 5.74) is -0.433. The summed E-state index contributed by atoms with van der Waals surface area (Å²) >= 11 is -2.34. The van der Waals surface area contributed by atoms with Crippen molar-refractivity contribution in [2.75, 3.05) is 0 Å². The van der Waals surface area contributed by atoms with Gasteiger partial charge in [-0.15, -0.1) is 0 Å². The molecule has 1 aliphatic rings. The van der Waals surface area contributed by atoms with Gasteiger partial charge >= 0.3 is 173 Å². The average molecular weight is 486 g/mol. The molecule has 0 radical (unpaired) electrons. The van der Waals surface area contributed by atoms with Crippen molar-refractivity contribution in [1.82, 2.24) is 5.32 Å². The third-order valence-electron chi connectivity index (χ3n) is 5.77. The van der Waals surface area contributed by atoms with Gasteiger partial charge in [-0.25, -0.2) is 0 Å². The van der Waals surface area contributed by atoms with Crippen LogP contribution in [0.25, 0.3) is 0 Å². The second-order valence-electron chi connectivity index (χ2n) is 9.43. The Hall–Kier alpha value is -0.191. The molecule has 0 aromatic heterocycles. The Morgan fingerprint density at radius 3 is 2.04 bits per heavy atom. The molecular formula is C23H45NO2Sn. The third-order valence-corrected chi connectivity index (χ3v) is 22.1. The van der Waals surface area contributed by atoms with E-state index in [2.05, 4.69) is 32.2 Å². The number of ether oxygens (including phenoxy) is 1. The zero-order valence-electron chi connectivity index (χ0n) is 19.0. The number of amides is 1. The molecule has 4 heteroatoms. The molecule has 1 amide bonds. The summed E-state index contributed by atoms with van der Waals surface area (Å²) in [6.45, 7) is 12.8. The minimum atomic E-state index is -2.34. The van der Waals surface area contributed by atoms with Crippen molar-refractivity contribution in [3.8, 4) is 0 Å². The topological polar surface area (TPSA) is 38.3 Å². The maximum atomic E-state index is 12.3. The van der Waals surface area contributed by atoms with Gasteiger partial charge < -0.3 is 0 Å². The summed E-state index contributed by atoms with van der Waals surface area (Å²) < 4.78 is 11.9. The van der Waals surface area contributed by atoms with Gasteiger partial charge in [0.25, 0.3) is 0 Å². The molecule has 27 heavy (non-hydrogen) atoms. The number of rotatable bonds is 11. The van der Waals surface area contributed by atoms with Crippen molar-refractivity contribution in [3.05, 3.63) is 9.67 Å². The number of allylic oxidation sites excluding steroid dienone is 1. The number of carbonyl (C=O) groups is 1.